The predicted octanol–water partition coefficient (Wildman–Crippen LogP) is 5.44. The topological polar surface area (TPSA) is 46.5 Å². The first kappa shape index (κ1) is 17.8. The first-order valence-electron chi connectivity index (χ1n) is 8.41. The summed E-state index contributed by atoms with van der Waals surface area (Å²) in [6, 6.07) is 15.0. The molecule has 126 valence electrons. The number of ether oxygens (including phenoxy) is 1. The van der Waals surface area contributed by atoms with Gasteiger partial charge in [-0.2, -0.15) is 0 Å². The number of allylic oxidation sites excluding steroid dienone is 2. The lowest BCUT2D eigenvalue weighted by molar-refractivity contribution is -0.134. The van der Waals surface area contributed by atoms with Gasteiger partial charge in [-0.25, -0.2) is 0 Å². The van der Waals surface area contributed by atoms with Gasteiger partial charge in [0.05, 0.1) is 0 Å². The number of phenols is 1. The van der Waals surface area contributed by atoms with Crippen molar-refractivity contribution in [2.45, 2.75) is 40.0 Å². The lowest BCUT2D eigenvalue weighted by Gasteiger charge is -2.14. The molecule has 0 fully saturated rings. The molecule has 0 atom stereocenters. The molecule has 2 aromatic rings. The summed E-state index contributed by atoms with van der Waals surface area (Å²) in [4.78, 5) is 11.4. The van der Waals surface area contributed by atoms with E-state index in [4.69, 9.17) is 4.74 Å². The van der Waals surface area contributed by atoms with Gasteiger partial charge >= 0.3 is 5.97 Å². The number of hydrogen-bond acceptors (Lipinski definition) is 3. The second-order valence-electron chi connectivity index (χ2n) is 5.56. The minimum absolute atomic E-state index is 0.229. The first-order valence-corrected chi connectivity index (χ1v) is 8.41. The smallest absolute Gasteiger partial charge is 0.310 e. The SMILES string of the molecule is CCC(=O)Oc1ccc(/C(CC)=C(\CC)c2ccc(O)cc2)cc1. The van der Waals surface area contributed by atoms with Gasteiger partial charge in [-0.1, -0.05) is 45.0 Å². The van der Waals surface area contributed by atoms with Gasteiger partial charge in [0.1, 0.15) is 11.5 Å². The molecule has 0 heterocycles. The molecule has 0 saturated heterocycles. The fourth-order valence-corrected chi connectivity index (χ4v) is 2.77. The largest absolute Gasteiger partial charge is 0.508 e. The van der Waals surface area contributed by atoms with E-state index >= 15 is 0 Å². The molecule has 3 heteroatoms. The fourth-order valence-electron chi connectivity index (χ4n) is 2.77. The monoisotopic (exact) mass is 324 g/mol. The Labute approximate surface area is 143 Å². The molecule has 3 nitrogen and oxygen atoms in total. The second kappa shape index (κ2) is 8.34. The summed E-state index contributed by atoms with van der Waals surface area (Å²) in [5.74, 6) is 0.616. The number of benzene rings is 2. The average molecular weight is 324 g/mol. The van der Waals surface area contributed by atoms with Crippen LogP contribution in [0.15, 0.2) is 48.5 Å². The molecule has 2 rings (SSSR count). The Bertz CT molecular complexity index is 710. The Balaban J connectivity index is 2.37. The molecule has 2 aromatic carbocycles. The van der Waals surface area contributed by atoms with E-state index in [1.807, 2.05) is 36.4 Å². The summed E-state index contributed by atoms with van der Waals surface area (Å²) >= 11 is 0. The molecular weight excluding hydrogens is 300 g/mol. The highest BCUT2D eigenvalue weighted by atomic mass is 16.5. The summed E-state index contributed by atoms with van der Waals surface area (Å²) in [5, 5.41) is 9.49. The third-order valence-corrected chi connectivity index (χ3v) is 4.01. The molecular formula is C21H24O3. The number of esters is 1. The zero-order valence-corrected chi connectivity index (χ0v) is 14.5. The number of phenolic OH excluding ortho intramolecular Hbond substituents is 1. The van der Waals surface area contributed by atoms with Crippen molar-refractivity contribution in [2.24, 2.45) is 0 Å². The van der Waals surface area contributed by atoms with Gasteiger partial charge in [0.15, 0.2) is 0 Å². The molecule has 1 N–H and O–H groups in total. The Morgan fingerprint density at radius 3 is 1.67 bits per heavy atom. The molecule has 0 aromatic heterocycles. The van der Waals surface area contributed by atoms with Crippen LogP contribution in [0.4, 0.5) is 0 Å². The number of rotatable bonds is 6. The maximum absolute atomic E-state index is 11.4. The van der Waals surface area contributed by atoms with Crippen LogP contribution >= 0.6 is 0 Å². The van der Waals surface area contributed by atoms with E-state index in [0.717, 1.165) is 24.0 Å². The Hall–Kier alpha value is -2.55. The molecule has 24 heavy (non-hydrogen) atoms. The van der Waals surface area contributed by atoms with Gasteiger partial charge in [-0.15, -0.1) is 0 Å². The molecule has 0 spiro atoms. The van der Waals surface area contributed by atoms with Crippen molar-refractivity contribution in [3.8, 4) is 11.5 Å². The lowest BCUT2D eigenvalue weighted by Crippen LogP contribution is -2.05. The van der Waals surface area contributed by atoms with Crippen LogP contribution < -0.4 is 4.74 Å². The van der Waals surface area contributed by atoms with Crippen LogP contribution in [0.3, 0.4) is 0 Å². The molecule has 0 bridgehead atoms. The van der Waals surface area contributed by atoms with E-state index in [1.165, 1.54) is 11.1 Å². The van der Waals surface area contributed by atoms with Crippen molar-refractivity contribution in [3.63, 3.8) is 0 Å². The molecule has 0 aliphatic rings. The number of hydrogen-bond donors (Lipinski definition) is 1. The van der Waals surface area contributed by atoms with Crippen molar-refractivity contribution in [3.05, 3.63) is 59.7 Å². The van der Waals surface area contributed by atoms with Gasteiger partial charge in [0, 0.05) is 6.42 Å². The van der Waals surface area contributed by atoms with Crippen LogP contribution in [0.2, 0.25) is 0 Å². The normalized spacial score (nSPS) is 11.8. The predicted molar refractivity (Wildman–Crippen MR) is 97.9 cm³/mol. The fraction of sp³-hybridized carbons (Fsp3) is 0.286. The van der Waals surface area contributed by atoms with E-state index in [9.17, 15) is 9.90 Å². The highest BCUT2D eigenvalue weighted by molar-refractivity contribution is 5.90. The highest BCUT2D eigenvalue weighted by Crippen LogP contribution is 2.32. The molecule has 0 aliphatic carbocycles. The van der Waals surface area contributed by atoms with Crippen molar-refractivity contribution < 1.29 is 14.6 Å². The minimum atomic E-state index is -0.229. The standard InChI is InChI=1S/C21H24O3/c1-4-19(15-7-11-17(22)12-8-15)20(5-2)16-9-13-18(14-10-16)24-21(23)6-3/h7-14,22H,4-6H2,1-3H3/b20-19+. The third-order valence-electron chi connectivity index (χ3n) is 4.01. The Morgan fingerprint density at radius 2 is 1.25 bits per heavy atom. The van der Waals surface area contributed by atoms with Crippen LogP contribution in [-0.2, 0) is 4.79 Å². The van der Waals surface area contributed by atoms with E-state index in [1.54, 1.807) is 19.1 Å². The summed E-state index contributed by atoms with van der Waals surface area (Å²) in [6.45, 7) is 6.05. The zero-order valence-electron chi connectivity index (χ0n) is 14.5. The number of aromatic hydroxyl groups is 1. The Kier molecular flexibility index (Phi) is 6.19. The van der Waals surface area contributed by atoms with Crippen molar-refractivity contribution >= 4 is 17.1 Å². The zero-order chi connectivity index (χ0) is 17.5. The van der Waals surface area contributed by atoms with Crippen molar-refractivity contribution in [1.29, 1.82) is 0 Å². The van der Waals surface area contributed by atoms with Gasteiger partial charge < -0.3 is 9.84 Å². The van der Waals surface area contributed by atoms with Crippen LogP contribution in [0.5, 0.6) is 11.5 Å². The molecule has 0 unspecified atom stereocenters. The maximum atomic E-state index is 11.4. The van der Waals surface area contributed by atoms with E-state index in [0.29, 0.717) is 12.2 Å². The van der Waals surface area contributed by atoms with Crippen LogP contribution in [0, 0.1) is 0 Å². The molecule has 0 saturated carbocycles. The summed E-state index contributed by atoms with van der Waals surface area (Å²) < 4.78 is 5.23. The van der Waals surface area contributed by atoms with Gasteiger partial charge in [0.2, 0.25) is 0 Å². The lowest BCUT2D eigenvalue weighted by atomic mass is 9.91. The van der Waals surface area contributed by atoms with Gasteiger partial charge in [-0.3, -0.25) is 4.79 Å². The van der Waals surface area contributed by atoms with Crippen molar-refractivity contribution in [1.82, 2.24) is 0 Å². The maximum Gasteiger partial charge on any atom is 0.310 e. The molecule has 0 radical (unpaired) electrons. The number of carbonyl (C=O) groups excluding carboxylic acids is 1. The third kappa shape index (κ3) is 4.25. The summed E-state index contributed by atoms with van der Waals surface area (Å²) in [6.07, 6.45) is 2.17. The van der Waals surface area contributed by atoms with Crippen molar-refractivity contribution in [2.75, 3.05) is 0 Å². The van der Waals surface area contributed by atoms with E-state index in [-0.39, 0.29) is 11.7 Å². The minimum Gasteiger partial charge on any atom is -0.508 e. The first-order chi connectivity index (χ1) is 11.6. The molecule has 0 amide bonds. The molecule has 0 aliphatic heterocycles. The quantitative estimate of drug-likeness (QED) is 0.437. The second-order valence-corrected chi connectivity index (χ2v) is 5.56. The van der Waals surface area contributed by atoms with E-state index < -0.39 is 0 Å². The van der Waals surface area contributed by atoms with Crippen LogP contribution in [-0.4, -0.2) is 11.1 Å². The number of carbonyl (C=O) groups is 1. The van der Waals surface area contributed by atoms with Crippen LogP contribution in [0.1, 0.15) is 51.2 Å². The van der Waals surface area contributed by atoms with E-state index in [2.05, 4.69) is 13.8 Å². The summed E-state index contributed by atoms with van der Waals surface area (Å²) in [7, 11) is 0. The van der Waals surface area contributed by atoms with Gasteiger partial charge in [0.25, 0.3) is 0 Å². The highest BCUT2D eigenvalue weighted by Gasteiger charge is 2.10. The van der Waals surface area contributed by atoms with Gasteiger partial charge in [-0.05, 0) is 59.4 Å². The summed E-state index contributed by atoms with van der Waals surface area (Å²) in [5.41, 5.74) is 4.76. The average Bonchev–Trinajstić information content (AvgIpc) is 2.61. The Morgan fingerprint density at radius 1 is 0.792 bits per heavy atom. The van der Waals surface area contributed by atoms with Crippen LogP contribution in [0.25, 0.3) is 11.1 Å².